The van der Waals surface area contributed by atoms with E-state index < -0.39 is 0 Å². The highest BCUT2D eigenvalue weighted by molar-refractivity contribution is 5.82. The molecule has 0 unspecified atom stereocenters. The van der Waals surface area contributed by atoms with Crippen LogP contribution < -0.4 is 10.9 Å². The third kappa shape index (κ3) is 2.01. The molecule has 0 bridgehead atoms. The van der Waals surface area contributed by atoms with Gasteiger partial charge in [0.1, 0.15) is 5.84 Å². The molecular weight excluding hydrogens is 114 g/mol. The molecule has 1 aliphatic rings. The zero-order valence-electron chi connectivity index (χ0n) is 5.78. The van der Waals surface area contributed by atoms with Crippen LogP contribution in [0.5, 0.6) is 0 Å². The minimum Gasteiger partial charge on any atom is -0.310 e. The Morgan fingerprint density at radius 2 is 2.56 bits per heavy atom. The van der Waals surface area contributed by atoms with Gasteiger partial charge in [0.05, 0.1) is 0 Å². The maximum Gasteiger partial charge on any atom is 0.110 e. The van der Waals surface area contributed by atoms with E-state index in [1.54, 1.807) is 0 Å². The van der Waals surface area contributed by atoms with Crippen LogP contribution in [0.2, 0.25) is 0 Å². The first-order valence-electron chi connectivity index (χ1n) is 3.45. The van der Waals surface area contributed by atoms with Crippen LogP contribution in [0.1, 0.15) is 19.8 Å². The fraction of sp³-hybridized carbons (Fsp3) is 0.833. The Morgan fingerprint density at radius 1 is 1.67 bits per heavy atom. The van der Waals surface area contributed by atoms with Gasteiger partial charge < -0.3 is 5.43 Å². The Morgan fingerprint density at radius 3 is 3.11 bits per heavy atom. The number of hydrogen-bond acceptors (Lipinski definition) is 2. The predicted molar refractivity (Wildman–Crippen MR) is 38.3 cm³/mol. The van der Waals surface area contributed by atoms with Gasteiger partial charge >= 0.3 is 0 Å². The molecule has 52 valence electrons. The summed E-state index contributed by atoms with van der Waals surface area (Å²) in [6.07, 6.45) is 2.30. The molecule has 2 N–H and O–H groups in total. The number of amidine groups is 1. The van der Waals surface area contributed by atoms with Crippen LogP contribution in [0, 0.1) is 0 Å². The minimum atomic E-state index is 0.879. The molecule has 3 heteroatoms. The average molecular weight is 127 g/mol. The van der Waals surface area contributed by atoms with E-state index in [0.717, 1.165) is 25.3 Å². The first-order valence-corrected chi connectivity index (χ1v) is 3.45. The number of nitrogens with zero attached hydrogens (tertiary/aromatic N) is 1. The minimum absolute atomic E-state index is 0.879. The Kier molecular flexibility index (Phi) is 2.51. The highest BCUT2D eigenvalue weighted by Gasteiger charge is 2.01. The highest BCUT2D eigenvalue weighted by atomic mass is 15.4. The molecule has 1 saturated heterocycles. The van der Waals surface area contributed by atoms with Gasteiger partial charge in [-0.15, -0.1) is 0 Å². The Labute approximate surface area is 55.5 Å². The van der Waals surface area contributed by atoms with E-state index in [1.165, 1.54) is 6.42 Å². The van der Waals surface area contributed by atoms with Crippen molar-refractivity contribution in [3.05, 3.63) is 0 Å². The third-order valence-corrected chi connectivity index (χ3v) is 1.30. The lowest BCUT2D eigenvalue weighted by atomic mass is 10.2. The second-order valence-corrected chi connectivity index (χ2v) is 2.08. The summed E-state index contributed by atoms with van der Waals surface area (Å²) in [6, 6.07) is 0. The zero-order valence-corrected chi connectivity index (χ0v) is 5.78. The van der Waals surface area contributed by atoms with E-state index in [2.05, 4.69) is 15.8 Å². The predicted octanol–water partition coefficient (Wildman–Crippen LogP) is 0.293. The average Bonchev–Trinajstić information content (AvgIpc) is 1.91. The molecule has 0 amide bonds. The van der Waals surface area contributed by atoms with Gasteiger partial charge in [-0.25, -0.2) is 5.43 Å². The summed E-state index contributed by atoms with van der Waals surface area (Å²) < 4.78 is 0. The third-order valence-electron chi connectivity index (χ3n) is 1.30. The maximum absolute atomic E-state index is 4.23. The topological polar surface area (TPSA) is 36.4 Å². The highest BCUT2D eigenvalue weighted by Crippen LogP contribution is 1.92. The molecule has 1 aliphatic heterocycles. The Hall–Kier alpha value is -0.570. The lowest BCUT2D eigenvalue weighted by Crippen LogP contribution is -2.42. The number of hydrazine groups is 1. The van der Waals surface area contributed by atoms with Crippen molar-refractivity contribution in [2.24, 2.45) is 4.99 Å². The first-order chi connectivity index (χ1) is 4.43. The van der Waals surface area contributed by atoms with Crippen molar-refractivity contribution < 1.29 is 0 Å². The summed E-state index contributed by atoms with van der Waals surface area (Å²) >= 11 is 0. The van der Waals surface area contributed by atoms with E-state index in [9.17, 15) is 0 Å². The standard InChI is InChI=1S/C6H13N3/c1-2-7-6-4-3-5-8-9-6/h8H,2-5H2,1H3,(H,7,9). The molecule has 1 heterocycles. The first kappa shape index (κ1) is 6.55. The lowest BCUT2D eigenvalue weighted by Gasteiger charge is -2.15. The number of aliphatic imine (C=N–C) groups is 1. The van der Waals surface area contributed by atoms with Gasteiger partial charge in [-0.2, -0.15) is 0 Å². The molecule has 0 aliphatic carbocycles. The molecule has 0 atom stereocenters. The summed E-state index contributed by atoms with van der Waals surface area (Å²) in [5.41, 5.74) is 6.06. The van der Waals surface area contributed by atoms with E-state index >= 15 is 0 Å². The molecule has 3 nitrogen and oxygen atoms in total. The van der Waals surface area contributed by atoms with Crippen molar-refractivity contribution in [1.82, 2.24) is 10.9 Å². The molecule has 0 aromatic carbocycles. The SMILES string of the molecule is CCN=C1CCCNN1. The zero-order chi connectivity index (χ0) is 6.53. The largest absolute Gasteiger partial charge is 0.310 e. The Bertz CT molecular complexity index is 101. The van der Waals surface area contributed by atoms with Gasteiger partial charge in [0.2, 0.25) is 0 Å². The lowest BCUT2D eigenvalue weighted by molar-refractivity contribution is 0.575. The fourth-order valence-electron chi connectivity index (χ4n) is 0.881. The van der Waals surface area contributed by atoms with Gasteiger partial charge in [0.25, 0.3) is 0 Å². The van der Waals surface area contributed by atoms with Crippen molar-refractivity contribution in [1.29, 1.82) is 0 Å². The van der Waals surface area contributed by atoms with Crippen LogP contribution in [-0.2, 0) is 0 Å². The summed E-state index contributed by atoms with van der Waals surface area (Å²) in [5.74, 6) is 1.10. The fourth-order valence-corrected chi connectivity index (χ4v) is 0.881. The summed E-state index contributed by atoms with van der Waals surface area (Å²) in [6.45, 7) is 3.98. The molecule has 0 radical (unpaired) electrons. The van der Waals surface area contributed by atoms with Gasteiger partial charge in [0.15, 0.2) is 0 Å². The van der Waals surface area contributed by atoms with E-state index in [4.69, 9.17) is 0 Å². The van der Waals surface area contributed by atoms with Crippen LogP contribution in [0.4, 0.5) is 0 Å². The van der Waals surface area contributed by atoms with Gasteiger partial charge in [-0.05, 0) is 13.3 Å². The smallest absolute Gasteiger partial charge is 0.110 e. The molecule has 0 saturated carbocycles. The maximum atomic E-state index is 4.23. The molecule has 0 spiro atoms. The van der Waals surface area contributed by atoms with Crippen LogP contribution >= 0.6 is 0 Å². The summed E-state index contributed by atoms with van der Waals surface area (Å²) in [7, 11) is 0. The number of hydrogen-bond donors (Lipinski definition) is 2. The number of rotatable bonds is 1. The van der Waals surface area contributed by atoms with E-state index in [0.29, 0.717) is 0 Å². The van der Waals surface area contributed by atoms with Gasteiger partial charge in [-0.3, -0.25) is 4.99 Å². The quantitative estimate of drug-likeness (QED) is 0.531. The molecular formula is C6H13N3. The molecule has 9 heavy (non-hydrogen) atoms. The monoisotopic (exact) mass is 127 g/mol. The molecule has 1 rings (SSSR count). The molecule has 0 aromatic rings. The van der Waals surface area contributed by atoms with Gasteiger partial charge in [-0.1, -0.05) is 0 Å². The summed E-state index contributed by atoms with van der Waals surface area (Å²) in [5, 5.41) is 0. The molecule has 0 aromatic heterocycles. The van der Waals surface area contributed by atoms with Crippen molar-refractivity contribution in [2.45, 2.75) is 19.8 Å². The van der Waals surface area contributed by atoms with E-state index in [-0.39, 0.29) is 0 Å². The second-order valence-electron chi connectivity index (χ2n) is 2.08. The van der Waals surface area contributed by atoms with Crippen LogP contribution in [0.3, 0.4) is 0 Å². The van der Waals surface area contributed by atoms with Crippen molar-refractivity contribution in [2.75, 3.05) is 13.1 Å². The van der Waals surface area contributed by atoms with Crippen LogP contribution in [-0.4, -0.2) is 18.9 Å². The van der Waals surface area contributed by atoms with Crippen molar-refractivity contribution in [3.8, 4) is 0 Å². The van der Waals surface area contributed by atoms with Crippen molar-refractivity contribution in [3.63, 3.8) is 0 Å². The van der Waals surface area contributed by atoms with Crippen molar-refractivity contribution >= 4 is 5.84 Å². The van der Waals surface area contributed by atoms with Crippen LogP contribution in [0.15, 0.2) is 4.99 Å². The van der Waals surface area contributed by atoms with E-state index in [1.807, 2.05) is 6.92 Å². The number of nitrogens with one attached hydrogen (secondary N) is 2. The molecule has 1 fully saturated rings. The Balaban J connectivity index is 2.30. The normalized spacial score (nSPS) is 23.9. The second kappa shape index (κ2) is 3.45. The van der Waals surface area contributed by atoms with Gasteiger partial charge in [0, 0.05) is 19.5 Å². The van der Waals surface area contributed by atoms with Crippen LogP contribution in [0.25, 0.3) is 0 Å². The summed E-state index contributed by atoms with van der Waals surface area (Å²) in [4.78, 5) is 4.23.